The maximum atomic E-state index is 12.4. The lowest BCUT2D eigenvalue weighted by molar-refractivity contribution is -0.132. The van der Waals surface area contributed by atoms with E-state index in [0.29, 0.717) is 11.6 Å². The van der Waals surface area contributed by atoms with E-state index in [0.717, 1.165) is 46.8 Å². The smallest absolute Gasteiger partial charge is 0.274 e. The van der Waals surface area contributed by atoms with Crippen LogP contribution in [0, 0.1) is 0 Å². The van der Waals surface area contributed by atoms with E-state index < -0.39 is 0 Å². The summed E-state index contributed by atoms with van der Waals surface area (Å²) in [6.07, 6.45) is 2.30. The highest BCUT2D eigenvalue weighted by Gasteiger charge is 2.25. The molecule has 0 spiro atoms. The van der Waals surface area contributed by atoms with Gasteiger partial charge in [-0.15, -0.1) is 11.3 Å². The third kappa shape index (κ3) is 3.83. The summed E-state index contributed by atoms with van der Waals surface area (Å²) in [5.41, 5.74) is 0.896. The summed E-state index contributed by atoms with van der Waals surface area (Å²) in [5.74, 6) is 1.00. The molecule has 0 atom stereocenters. The first-order chi connectivity index (χ1) is 12.7. The molecule has 136 valence electrons. The first kappa shape index (κ1) is 17.3. The molecule has 5 nitrogen and oxygen atoms in total. The van der Waals surface area contributed by atoms with Gasteiger partial charge >= 0.3 is 0 Å². The minimum atomic E-state index is 0.114. The van der Waals surface area contributed by atoms with Gasteiger partial charge in [-0.2, -0.15) is 0 Å². The van der Waals surface area contributed by atoms with Crippen LogP contribution >= 0.6 is 22.7 Å². The number of rotatable bonds is 5. The Bertz CT molecular complexity index is 883. The van der Waals surface area contributed by atoms with Gasteiger partial charge in [-0.25, -0.2) is 4.98 Å². The number of hydrogen-bond donors (Lipinski definition) is 0. The number of likely N-dealkylation sites (tertiary alicyclic amines) is 1. The normalized spacial score (nSPS) is 15.3. The molecule has 1 saturated heterocycles. The van der Waals surface area contributed by atoms with E-state index in [9.17, 15) is 4.79 Å². The van der Waals surface area contributed by atoms with Crippen molar-refractivity contribution in [2.45, 2.75) is 25.4 Å². The van der Waals surface area contributed by atoms with E-state index in [1.165, 1.54) is 0 Å². The number of thiazole rings is 1. The average molecular weight is 389 g/mol. The maximum Gasteiger partial charge on any atom is 0.274 e. The molecule has 3 aromatic rings. The lowest BCUT2D eigenvalue weighted by Gasteiger charge is -2.31. The molecule has 0 unspecified atom stereocenters. The minimum absolute atomic E-state index is 0.114. The summed E-state index contributed by atoms with van der Waals surface area (Å²) in [4.78, 5) is 20.0. The van der Waals surface area contributed by atoms with Gasteiger partial charge in [0.2, 0.25) is 5.91 Å². The summed E-state index contributed by atoms with van der Waals surface area (Å²) >= 11 is 3.19. The Kier molecular flexibility index (Phi) is 5.08. The van der Waals surface area contributed by atoms with Crippen LogP contribution in [0.3, 0.4) is 0 Å². The number of nitrogens with zero attached hydrogens (tertiary/aromatic N) is 2. The van der Waals surface area contributed by atoms with Gasteiger partial charge in [-0.05, 0) is 23.6 Å². The second-order valence-electron chi connectivity index (χ2n) is 6.27. The second kappa shape index (κ2) is 7.63. The highest BCUT2D eigenvalue weighted by Crippen LogP contribution is 2.32. The molecule has 1 fully saturated rings. The first-order valence-electron chi connectivity index (χ1n) is 8.62. The van der Waals surface area contributed by atoms with Crippen LogP contribution in [0.15, 0.2) is 35.7 Å². The molecule has 0 aliphatic carbocycles. The SMILES string of the molecule is COc1ccc2sc(OC3CCN(C(=O)Cc4cccs4)CC3)nc2c1. The van der Waals surface area contributed by atoms with Crippen molar-refractivity contribution in [3.05, 3.63) is 40.6 Å². The standard InChI is InChI=1S/C19H20N2O3S2/c1-23-14-4-5-17-16(11-14)20-19(26-17)24-13-6-8-21(9-7-13)18(22)12-15-3-2-10-25-15/h2-5,10-11,13H,6-9,12H2,1H3. The second-order valence-corrected chi connectivity index (χ2v) is 8.29. The van der Waals surface area contributed by atoms with E-state index in [2.05, 4.69) is 4.98 Å². The lowest BCUT2D eigenvalue weighted by atomic mass is 10.1. The van der Waals surface area contributed by atoms with Crippen molar-refractivity contribution >= 4 is 38.8 Å². The predicted octanol–water partition coefficient (Wildman–Crippen LogP) is 3.98. The molecular formula is C19H20N2O3S2. The summed E-state index contributed by atoms with van der Waals surface area (Å²) in [6, 6.07) is 9.86. The molecule has 1 aliphatic rings. The van der Waals surface area contributed by atoms with Crippen LogP contribution in [-0.2, 0) is 11.2 Å². The van der Waals surface area contributed by atoms with Crippen molar-refractivity contribution in [1.29, 1.82) is 0 Å². The number of methoxy groups -OCH3 is 1. The highest BCUT2D eigenvalue weighted by molar-refractivity contribution is 7.20. The zero-order valence-corrected chi connectivity index (χ0v) is 16.1. The molecule has 0 saturated carbocycles. The van der Waals surface area contributed by atoms with Gasteiger partial charge in [0, 0.05) is 36.9 Å². The van der Waals surface area contributed by atoms with Crippen LogP contribution in [0.2, 0.25) is 0 Å². The molecule has 1 amide bonds. The van der Waals surface area contributed by atoms with Crippen molar-refractivity contribution in [1.82, 2.24) is 9.88 Å². The van der Waals surface area contributed by atoms with Crippen molar-refractivity contribution in [3.63, 3.8) is 0 Å². The number of amides is 1. The van der Waals surface area contributed by atoms with Crippen molar-refractivity contribution < 1.29 is 14.3 Å². The van der Waals surface area contributed by atoms with Crippen LogP contribution in [0.5, 0.6) is 10.9 Å². The Morgan fingerprint density at radius 1 is 1.31 bits per heavy atom. The van der Waals surface area contributed by atoms with E-state index >= 15 is 0 Å². The van der Waals surface area contributed by atoms with Crippen molar-refractivity contribution in [3.8, 4) is 10.9 Å². The van der Waals surface area contributed by atoms with E-state index in [1.54, 1.807) is 29.8 Å². The monoisotopic (exact) mass is 388 g/mol. The number of carbonyl (C=O) groups is 1. The van der Waals surface area contributed by atoms with Gasteiger partial charge < -0.3 is 14.4 Å². The fourth-order valence-corrected chi connectivity index (χ4v) is 4.66. The first-order valence-corrected chi connectivity index (χ1v) is 10.3. The molecule has 1 aromatic carbocycles. The van der Waals surface area contributed by atoms with Crippen LogP contribution < -0.4 is 9.47 Å². The van der Waals surface area contributed by atoms with Gasteiger partial charge in [0.15, 0.2) is 0 Å². The van der Waals surface area contributed by atoms with Gasteiger partial charge in [0.25, 0.3) is 5.19 Å². The molecule has 2 aromatic heterocycles. The highest BCUT2D eigenvalue weighted by atomic mass is 32.1. The summed E-state index contributed by atoms with van der Waals surface area (Å²) in [5, 5.41) is 2.70. The number of ether oxygens (including phenoxy) is 2. The van der Waals surface area contributed by atoms with Gasteiger partial charge in [-0.3, -0.25) is 4.79 Å². The van der Waals surface area contributed by atoms with Crippen LogP contribution in [0.1, 0.15) is 17.7 Å². The fourth-order valence-electron chi connectivity index (χ4n) is 3.10. The van der Waals surface area contributed by atoms with Gasteiger partial charge in [-0.1, -0.05) is 17.4 Å². The van der Waals surface area contributed by atoms with Crippen LogP contribution in [-0.4, -0.2) is 42.1 Å². The van der Waals surface area contributed by atoms with Gasteiger partial charge in [0.1, 0.15) is 11.9 Å². The molecule has 4 rings (SSSR count). The average Bonchev–Trinajstić information content (AvgIpc) is 3.30. The number of carbonyl (C=O) groups excluding carboxylic acids is 1. The number of benzene rings is 1. The van der Waals surface area contributed by atoms with E-state index in [4.69, 9.17) is 9.47 Å². The molecule has 26 heavy (non-hydrogen) atoms. The number of fused-ring (bicyclic) bond motifs is 1. The van der Waals surface area contributed by atoms with Gasteiger partial charge in [0.05, 0.1) is 23.7 Å². The third-order valence-electron chi connectivity index (χ3n) is 4.54. The molecule has 7 heteroatoms. The zero-order valence-electron chi connectivity index (χ0n) is 14.5. The number of aromatic nitrogens is 1. The summed E-state index contributed by atoms with van der Waals surface area (Å²) < 4.78 is 12.4. The summed E-state index contributed by atoms with van der Waals surface area (Å²) in [6.45, 7) is 1.49. The molecular weight excluding hydrogens is 368 g/mol. The van der Waals surface area contributed by atoms with Crippen LogP contribution in [0.25, 0.3) is 10.2 Å². The minimum Gasteiger partial charge on any atom is -0.497 e. The van der Waals surface area contributed by atoms with E-state index in [-0.39, 0.29) is 12.0 Å². The third-order valence-corrected chi connectivity index (χ3v) is 6.35. The number of hydrogen-bond acceptors (Lipinski definition) is 6. The quantitative estimate of drug-likeness (QED) is 0.663. The molecule has 0 bridgehead atoms. The number of piperidine rings is 1. The van der Waals surface area contributed by atoms with E-state index in [1.807, 2.05) is 40.6 Å². The Morgan fingerprint density at radius 2 is 2.15 bits per heavy atom. The Hall–Kier alpha value is -2.12. The van der Waals surface area contributed by atoms with Crippen molar-refractivity contribution in [2.75, 3.05) is 20.2 Å². The molecule has 1 aliphatic heterocycles. The van der Waals surface area contributed by atoms with Crippen LogP contribution in [0.4, 0.5) is 0 Å². The maximum absolute atomic E-state index is 12.4. The molecule has 0 N–H and O–H groups in total. The largest absolute Gasteiger partial charge is 0.497 e. The topological polar surface area (TPSA) is 51.7 Å². The zero-order chi connectivity index (χ0) is 17.9. The number of thiophene rings is 1. The molecule has 3 heterocycles. The van der Waals surface area contributed by atoms with Crippen molar-refractivity contribution in [2.24, 2.45) is 0 Å². The Morgan fingerprint density at radius 3 is 2.88 bits per heavy atom. The fraction of sp³-hybridized carbons (Fsp3) is 0.368. The Labute approximate surface area is 160 Å². The Balaban J connectivity index is 1.33. The predicted molar refractivity (Wildman–Crippen MR) is 104 cm³/mol. The lowest BCUT2D eigenvalue weighted by Crippen LogP contribution is -2.42. The molecule has 0 radical (unpaired) electrons. The summed E-state index contributed by atoms with van der Waals surface area (Å²) in [7, 11) is 1.65.